The maximum Gasteiger partial charge on any atom is 0.0920 e. The summed E-state index contributed by atoms with van der Waals surface area (Å²) in [7, 11) is 3.18. The van der Waals surface area contributed by atoms with E-state index in [0.717, 1.165) is 0 Å². The summed E-state index contributed by atoms with van der Waals surface area (Å²) in [6.45, 7) is 0.0979. The highest BCUT2D eigenvalue weighted by molar-refractivity contribution is 4.52. The van der Waals surface area contributed by atoms with Crippen molar-refractivity contribution in [1.29, 1.82) is 0 Å². The van der Waals surface area contributed by atoms with Crippen LogP contribution in [0.1, 0.15) is 0 Å². The number of hydroxylamine groups is 2. The molecule has 1 unspecified atom stereocenters. The number of aliphatic hydroxyl groups excluding tert-OH is 2. The van der Waals surface area contributed by atoms with Crippen LogP contribution in [0.15, 0.2) is 0 Å². The normalized spacial score (nSPS) is 14.3. The summed E-state index contributed by atoms with van der Waals surface area (Å²) in [5.41, 5.74) is 0. The predicted octanol–water partition coefficient (Wildman–Crippen LogP) is -1.17. The van der Waals surface area contributed by atoms with Crippen molar-refractivity contribution in [2.45, 2.75) is 6.10 Å². The number of likely N-dealkylation sites (N-methyl/N-ethyl adjacent to an activating group) is 1. The Morgan fingerprint density at radius 3 is 2.56 bits per heavy atom. The molecule has 9 heavy (non-hydrogen) atoms. The Kier molecular flexibility index (Phi) is 4.61. The molecule has 56 valence electrons. The van der Waals surface area contributed by atoms with Crippen LogP contribution in [0, 0.1) is 0 Å². The minimum atomic E-state index is -0.713. The molecule has 0 heterocycles. The lowest BCUT2D eigenvalue weighted by Gasteiger charge is -2.15. The van der Waals surface area contributed by atoms with Crippen LogP contribution in [0.5, 0.6) is 0 Å². The van der Waals surface area contributed by atoms with Crippen molar-refractivity contribution < 1.29 is 15.1 Å². The second-order valence-electron chi connectivity index (χ2n) is 1.83. The molecule has 0 aromatic rings. The van der Waals surface area contributed by atoms with Crippen LogP contribution in [0.4, 0.5) is 0 Å². The van der Waals surface area contributed by atoms with E-state index in [4.69, 9.17) is 10.2 Å². The van der Waals surface area contributed by atoms with Crippen LogP contribution in [0.3, 0.4) is 0 Å². The van der Waals surface area contributed by atoms with Crippen LogP contribution in [-0.4, -0.2) is 48.7 Å². The van der Waals surface area contributed by atoms with Gasteiger partial charge < -0.3 is 15.1 Å². The van der Waals surface area contributed by atoms with E-state index in [-0.39, 0.29) is 6.61 Å². The van der Waals surface area contributed by atoms with E-state index in [0.29, 0.717) is 6.54 Å². The molecule has 0 radical (unpaired) electrons. The van der Waals surface area contributed by atoms with Gasteiger partial charge in [-0.1, -0.05) is 0 Å². The van der Waals surface area contributed by atoms with E-state index in [2.05, 4.69) is 4.84 Å². The Hall–Kier alpha value is -0.160. The zero-order valence-corrected chi connectivity index (χ0v) is 5.74. The maximum atomic E-state index is 8.79. The molecule has 0 fully saturated rings. The molecule has 0 rings (SSSR count). The fourth-order valence-electron chi connectivity index (χ4n) is 0.429. The third-order valence-corrected chi connectivity index (χ3v) is 0.990. The van der Waals surface area contributed by atoms with Gasteiger partial charge in [-0.05, 0) is 0 Å². The predicted molar refractivity (Wildman–Crippen MR) is 32.7 cm³/mol. The molecule has 1 atom stereocenters. The van der Waals surface area contributed by atoms with Gasteiger partial charge >= 0.3 is 0 Å². The lowest BCUT2D eigenvalue weighted by molar-refractivity contribution is -0.131. The highest BCUT2D eigenvalue weighted by Gasteiger charge is 2.04. The molecule has 2 N–H and O–H groups in total. The maximum absolute atomic E-state index is 8.79. The third kappa shape index (κ3) is 4.35. The Balaban J connectivity index is 3.22. The van der Waals surface area contributed by atoms with E-state index >= 15 is 0 Å². The summed E-state index contributed by atoms with van der Waals surface area (Å²) in [4.78, 5) is 4.68. The molecular formula is C5H13NO3. The highest BCUT2D eigenvalue weighted by atomic mass is 16.7. The minimum absolute atomic E-state index is 0.228. The van der Waals surface area contributed by atoms with E-state index in [1.807, 2.05) is 0 Å². The Morgan fingerprint density at radius 2 is 2.22 bits per heavy atom. The molecule has 0 amide bonds. The van der Waals surface area contributed by atoms with Gasteiger partial charge in [0, 0.05) is 7.05 Å². The number of rotatable bonds is 4. The third-order valence-electron chi connectivity index (χ3n) is 0.990. The van der Waals surface area contributed by atoms with Crippen molar-refractivity contribution in [2.75, 3.05) is 27.3 Å². The quantitative estimate of drug-likeness (QED) is 0.477. The molecule has 0 saturated heterocycles. The highest BCUT2D eigenvalue weighted by Crippen LogP contribution is 1.86. The Labute approximate surface area is 54.6 Å². The average Bonchev–Trinajstić information content (AvgIpc) is 1.87. The van der Waals surface area contributed by atoms with Crippen LogP contribution in [0.2, 0.25) is 0 Å². The molecule has 0 aliphatic heterocycles. The first-order valence-electron chi connectivity index (χ1n) is 2.75. The smallest absolute Gasteiger partial charge is 0.0920 e. The van der Waals surface area contributed by atoms with Gasteiger partial charge in [0.1, 0.15) is 0 Å². The Bertz CT molecular complexity index is 61.2. The van der Waals surface area contributed by atoms with Crippen molar-refractivity contribution in [3.63, 3.8) is 0 Å². The molecule has 0 aliphatic carbocycles. The largest absolute Gasteiger partial charge is 0.394 e. The van der Waals surface area contributed by atoms with Crippen LogP contribution in [-0.2, 0) is 4.84 Å². The fraction of sp³-hybridized carbons (Fsp3) is 1.00. The number of aliphatic hydroxyl groups is 2. The second kappa shape index (κ2) is 4.69. The van der Waals surface area contributed by atoms with E-state index in [1.54, 1.807) is 7.05 Å². The van der Waals surface area contributed by atoms with E-state index in [1.165, 1.54) is 12.2 Å². The van der Waals surface area contributed by atoms with Crippen molar-refractivity contribution in [2.24, 2.45) is 0 Å². The van der Waals surface area contributed by atoms with Gasteiger partial charge in [0.15, 0.2) is 0 Å². The summed E-state index contributed by atoms with van der Waals surface area (Å²) in [5, 5.41) is 18.6. The van der Waals surface area contributed by atoms with Crippen molar-refractivity contribution in [3.8, 4) is 0 Å². The first kappa shape index (κ1) is 8.84. The summed E-state index contributed by atoms with van der Waals surface area (Å²) >= 11 is 0. The zero-order valence-electron chi connectivity index (χ0n) is 5.74. The molecule has 0 saturated carbocycles. The van der Waals surface area contributed by atoms with Gasteiger partial charge in [-0.15, -0.1) is 0 Å². The van der Waals surface area contributed by atoms with Gasteiger partial charge in [-0.3, -0.25) is 0 Å². The SMILES string of the molecule is CON(C)CC(O)CO. The van der Waals surface area contributed by atoms with Gasteiger partial charge in [0.2, 0.25) is 0 Å². The summed E-state index contributed by atoms with van der Waals surface area (Å²) in [6, 6.07) is 0. The zero-order chi connectivity index (χ0) is 7.28. The van der Waals surface area contributed by atoms with Crippen LogP contribution in [0.25, 0.3) is 0 Å². The first-order chi connectivity index (χ1) is 4.20. The van der Waals surface area contributed by atoms with Crippen LogP contribution >= 0.6 is 0 Å². The second-order valence-corrected chi connectivity index (χ2v) is 1.83. The van der Waals surface area contributed by atoms with Crippen LogP contribution < -0.4 is 0 Å². The lowest BCUT2D eigenvalue weighted by Crippen LogP contribution is -2.30. The molecular weight excluding hydrogens is 122 g/mol. The molecule has 0 aromatic carbocycles. The average molecular weight is 135 g/mol. The van der Waals surface area contributed by atoms with Gasteiger partial charge in [-0.25, -0.2) is 0 Å². The van der Waals surface area contributed by atoms with Crippen molar-refractivity contribution in [3.05, 3.63) is 0 Å². The van der Waals surface area contributed by atoms with Crippen molar-refractivity contribution >= 4 is 0 Å². The van der Waals surface area contributed by atoms with Gasteiger partial charge in [0.25, 0.3) is 0 Å². The Morgan fingerprint density at radius 1 is 1.67 bits per heavy atom. The molecule has 0 spiro atoms. The molecule has 4 nitrogen and oxygen atoms in total. The summed E-state index contributed by atoms with van der Waals surface area (Å²) in [6.07, 6.45) is -0.713. The number of hydrogen-bond donors (Lipinski definition) is 2. The summed E-state index contributed by atoms with van der Waals surface area (Å²) < 4.78 is 0. The summed E-state index contributed by atoms with van der Waals surface area (Å²) in [5.74, 6) is 0. The first-order valence-corrected chi connectivity index (χ1v) is 2.75. The number of nitrogens with zero attached hydrogens (tertiary/aromatic N) is 1. The number of hydrogen-bond acceptors (Lipinski definition) is 4. The molecule has 4 heteroatoms. The molecule has 0 aromatic heterocycles. The van der Waals surface area contributed by atoms with E-state index < -0.39 is 6.10 Å². The standard InChI is InChI=1S/C5H13NO3/c1-6(9-2)3-5(8)4-7/h5,7-8H,3-4H2,1-2H3. The van der Waals surface area contributed by atoms with Gasteiger partial charge in [0.05, 0.1) is 26.4 Å². The lowest BCUT2D eigenvalue weighted by atomic mass is 10.4. The molecule has 0 bridgehead atoms. The topological polar surface area (TPSA) is 52.9 Å². The molecule has 0 aliphatic rings. The monoisotopic (exact) mass is 135 g/mol. The van der Waals surface area contributed by atoms with Gasteiger partial charge in [-0.2, -0.15) is 5.06 Å². The minimum Gasteiger partial charge on any atom is -0.394 e. The van der Waals surface area contributed by atoms with Crippen molar-refractivity contribution in [1.82, 2.24) is 5.06 Å². The fourth-order valence-corrected chi connectivity index (χ4v) is 0.429. The van der Waals surface area contributed by atoms with E-state index in [9.17, 15) is 0 Å².